The zero-order valence-electron chi connectivity index (χ0n) is 11.9. The Labute approximate surface area is 136 Å². The third-order valence-corrected chi connectivity index (χ3v) is 3.44. The standard InChI is InChI=1S/C16H12ClN3O3/c17-10-4-5-13(12(7-10)16(18)22)23-9-11-8-15(21)20-6-2-1-3-14(20)19-11/h1-8H,9H2,(H2,18,22). The SMILES string of the molecule is NC(=O)c1cc(Cl)ccc1OCc1cc(=O)n2ccccc2n1. The average molecular weight is 330 g/mol. The van der Waals surface area contributed by atoms with Crippen molar-refractivity contribution in [3.8, 4) is 5.75 Å². The van der Waals surface area contributed by atoms with Gasteiger partial charge in [0.25, 0.3) is 11.5 Å². The van der Waals surface area contributed by atoms with Crippen LogP contribution in [0.5, 0.6) is 5.75 Å². The Morgan fingerprint density at radius 3 is 2.87 bits per heavy atom. The van der Waals surface area contributed by atoms with Gasteiger partial charge in [0.2, 0.25) is 0 Å². The normalized spacial score (nSPS) is 10.7. The number of halogens is 1. The first kappa shape index (κ1) is 15.1. The quantitative estimate of drug-likeness (QED) is 0.793. The predicted molar refractivity (Wildman–Crippen MR) is 85.8 cm³/mol. The molecule has 2 N–H and O–H groups in total. The number of carbonyl (C=O) groups is 1. The summed E-state index contributed by atoms with van der Waals surface area (Å²) in [6.07, 6.45) is 1.64. The third-order valence-electron chi connectivity index (χ3n) is 3.21. The molecule has 0 radical (unpaired) electrons. The molecule has 0 unspecified atom stereocenters. The van der Waals surface area contributed by atoms with Gasteiger partial charge in [-0.3, -0.25) is 14.0 Å². The van der Waals surface area contributed by atoms with E-state index in [0.717, 1.165) is 0 Å². The number of fused-ring (bicyclic) bond motifs is 1. The smallest absolute Gasteiger partial charge is 0.258 e. The maximum atomic E-state index is 12.0. The van der Waals surface area contributed by atoms with Crippen LogP contribution >= 0.6 is 11.6 Å². The number of amides is 1. The van der Waals surface area contributed by atoms with E-state index in [-0.39, 0.29) is 23.5 Å². The fraction of sp³-hybridized carbons (Fsp3) is 0.0625. The van der Waals surface area contributed by atoms with Crippen LogP contribution in [0.15, 0.2) is 53.5 Å². The minimum absolute atomic E-state index is 0.0303. The number of nitrogens with zero attached hydrogens (tertiary/aromatic N) is 2. The molecular weight excluding hydrogens is 318 g/mol. The molecule has 2 aromatic heterocycles. The van der Waals surface area contributed by atoms with Crippen LogP contribution in [-0.4, -0.2) is 15.3 Å². The molecule has 0 aliphatic heterocycles. The number of nitrogens with two attached hydrogens (primary N) is 1. The molecule has 1 amide bonds. The van der Waals surface area contributed by atoms with Gasteiger partial charge in [0.05, 0.1) is 11.3 Å². The van der Waals surface area contributed by atoms with Crippen LogP contribution in [0.2, 0.25) is 5.02 Å². The van der Waals surface area contributed by atoms with Gasteiger partial charge in [-0.25, -0.2) is 4.98 Å². The second kappa shape index (κ2) is 6.10. The number of hydrogen-bond donors (Lipinski definition) is 1. The molecule has 3 aromatic rings. The molecule has 6 nitrogen and oxygen atoms in total. The highest BCUT2D eigenvalue weighted by Gasteiger charge is 2.11. The van der Waals surface area contributed by atoms with Crippen molar-refractivity contribution in [2.24, 2.45) is 5.73 Å². The monoisotopic (exact) mass is 329 g/mol. The Balaban J connectivity index is 1.90. The van der Waals surface area contributed by atoms with Gasteiger partial charge in [-0.05, 0) is 30.3 Å². The number of ether oxygens (including phenoxy) is 1. The molecule has 0 saturated carbocycles. The van der Waals surface area contributed by atoms with E-state index in [4.69, 9.17) is 22.1 Å². The second-order valence-electron chi connectivity index (χ2n) is 4.81. The van der Waals surface area contributed by atoms with Crippen molar-refractivity contribution in [1.29, 1.82) is 0 Å². The van der Waals surface area contributed by atoms with Crippen LogP contribution in [-0.2, 0) is 6.61 Å². The molecule has 1 aromatic carbocycles. The average Bonchev–Trinajstić information content (AvgIpc) is 2.53. The fourth-order valence-electron chi connectivity index (χ4n) is 2.15. The third kappa shape index (κ3) is 3.17. The molecular formula is C16H12ClN3O3. The van der Waals surface area contributed by atoms with Crippen LogP contribution in [0.25, 0.3) is 5.65 Å². The summed E-state index contributed by atoms with van der Waals surface area (Å²) < 4.78 is 7.00. The maximum Gasteiger partial charge on any atom is 0.258 e. The Morgan fingerprint density at radius 2 is 2.09 bits per heavy atom. The van der Waals surface area contributed by atoms with E-state index in [0.29, 0.717) is 16.4 Å². The summed E-state index contributed by atoms with van der Waals surface area (Å²) in [5.74, 6) is -0.356. The van der Waals surface area contributed by atoms with Crippen LogP contribution in [0.3, 0.4) is 0 Å². The molecule has 116 valence electrons. The molecule has 0 atom stereocenters. The maximum absolute atomic E-state index is 12.0. The number of hydrogen-bond acceptors (Lipinski definition) is 4. The molecule has 3 rings (SSSR count). The van der Waals surface area contributed by atoms with Gasteiger partial charge < -0.3 is 10.5 Å². The van der Waals surface area contributed by atoms with Gasteiger partial charge >= 0.3 is 0 Å². The van der Waals surface area contributed by atoms with Crippen LogP contribution < -0.4 is 16.0 Å². The minimum Gasteiger partial charge on any atom is -0.486 e. The largest absolute Gasteiger partial charge is 0.486 e. The lowest BCUT2D eigenvalue weighted by atomic mass is 10.2. The van der Waals surface area contributed by atoms with E-state index in [1.54, 1.807) is 36.5 Å². The van der Waals surface area contributed by atoms with Gasteiger partial charge in [-0.2, -0.15) is 0 Å². The molecule has 0 aliphatic carbocycles. The molecule has 7 heteroatoms. The van der Waals surface area contributed by atoms with Crippen LogP contribution in [0.4, 0.5) is 0 Å². The van der Waals surface area contributed by atoms with Gasteiger partial charge in [-0.1, -0.05) is 17.7 Å². The number of rotatable bonds is 4. The van der Waals surface area contributed by atoms with Crippen molar-refractivity contribution in [2.75, 3.05) is 0 Å². The molecule has 0 aliphatic rings. The summed E-state index contributed by atoms with van der Waals surface area (Å²) in [4.78, 5) is 27.8. The first-order valence-electron chi connectivity index (χ1n) is 6.74. The van der Waals surface area contributed by atoms with Crippen molar-refractivity contribution >= 4 is 23.2 Å². The number of carbonyl (C=O) groups excluding carboxylic acids is 1. The summed E-state index contributed by atoms with van der Waals surface area (Å²) in [5, 5.41) is 0.383. The Morgan fingerprint density at radius 1 is 1.26 bits per heavy atom. The van der Waals surface area contributed by atoms with Gasteiger partial charge in [-0.15, -0.1) is 0 Å². The lowest BCUT2D eigenvalue weighted by Crippen LogP contribution is -2.17. The zero-order valence-corrected chi connectivity index (χ0v) is 12.7. The molecule has 0 fully saturated rings. The van der Waals surface area contributed by atoms with E-state index < -0.39 is 5.91 Å². The minimum atomic E-state index is -0.644. The van der Waals surface area contributed by atoms with Gasteiger partial charge in [0, 0.05) is 17.3 Å². The summed E-state index contributed by atoms with van der Waals surface area (Å²) >= 11 is 5.84. The highest BCUT2D eigenvalue weighted by Crippen LogP contribution is 2.23. The lowest BCUT2D eigenvalue weighted by molar-refractivity contribution is 0.0996. The van der Waals surface area contributed by atoms with Crippen molar-refractivity contribution in [1.82, 2.24) is 9.38 Å². The molecule has 0 spiro atoms. The Bertz CT molecular complexity index is 953. The van der Waals surface area contributed by atoms with E-state index >= 15 is 0 Å². The van der Waals surface area contributed by atoms with E-state index in [1.165, 1.54) is 16.5 Å². The molecule has 0 saturated heterocycles. The van der Waals surface area contributed by atoms with E-state index in [1.807, 2.05) is 0 Å². The summed E-state index contributed by atoms with van der Waals surface area (Å²) in [7, 11) is 0. The van der Waals surface area contributed by atoms with E-state index in [9.17, 15) is 9.59 Å². The first-order chi connectivity index (χ1) is 11.0. The van der Waals surface area contributed by atoms with Crippen molar-refractivity contribution < 1.29 is 9.53 Å². The van der Waals surface area contributed by atoms with E-state index in [2.05, 4.69) is 4.98 Å². The van der Waals surface area contributed by atoms with Gasteiger partial charge in [0.1, 0.15) is 18.0 Å². The number of benzene rings is 1. The highest BCUT2D eigenvalue weighted by atomic mass is 35.5. The molecule has 23 heavy (non-hydrogen) atoms. The van der Waals surface area contributed by atoms with Crippen molar-refractivity contribution in [2.45, 2.75) is 6.61 Å². The zero-order chi connectivity index (χ0) is 16.4. The van der Waals surface area contributed by atoms with Crippen LogP contribution in [0, 0.1) is 0 Å². The number of primary amides is 1. The molecule has 2 heterocycles. The van der Waals surface area contributed by atoms with Crippen molar-refractivity contribution in [3.05, 3.63) is 75.3 Å². The highest BCUT2D eigenvalue weighted by molar-refractivity contribution is 6.31. The Kier molecular flexibility index (Phi) is 3.99. The summed E-state index contributed by atoms with van der Waals surface area (Å²) in [6, 6.07) is 11.2. The Hall–Kier alpha value is -2.86. The number of pyridine rings is 1. The van der Waals surface area contributed by atoms with Crippen LogP contribution in [0.1, 0.15) is 16.1 Å². The predicted octanol–water partition coefficient (Wildman–Crippen LogP) is 2.03. The number of aromatic nitrogens is 2. The van der Waals surface area contributed by atoms with Gasteiger partial charge in [0.15, 0.2) is 0 Å². The lowest BCUT2D eigenvalue weighted by Gasteiger charge is -2.10. The summed E-state index contributed by atoms with van der Waals surface area (Å²) in [5.41, 5.74) is 6.24. The van der Waals surface area contributed by atoms with Crippen molar-refractivity contribution in [3.63, 3.8) is 0 Å². The molecule has 0 bridgehead atoms. The topological polar surface area (TPSA) is 86.7 Å². The first-order valence-corrected chi connectivity index (χ1v) is 7.12. The second-order valence-corrected chi connectivity index (χ2v) is 5.24. The summed E-state index contributed by atoms with van der Waals surface area (Å²) in [6.45, 7) is 0.0303. The fourth-order valence-corrected chi connectivity index (χ4v) is 2.32.